The maximum absolute atomic E-state index is 11.9. The summed E-state index contributed by atoms with van der Waals surface area (Å²) in [6.45, 7) is 7.54. The molecule has 0 saturated heterocycles. The number of carbonyl (C=O) groups is 1. The number of H-pyrrole nitrogens is 2. The molecule has 0 saturated carbocycles. The summed E-state index contributed by atoms with van der Waals surface area (Å²) in [5, 5.41) is 8.75. The Labute approximate surface area is 128 Å². The number of aromatic amines is 2. The molecule has 0 bridgehead atoms. The Morgan fingerprint density at radius 2 is 2.00 bits per heavy atom. The molecule has 0 fully saturated rings. The van der Waals surface area contributed by atoms with Crippen molar-refractivity contribution in [2.45, 2.75) is 33.7 Å². The molecule has 7 heteroatoms. The molecule has 0 aliphatic rings. The standard InChI is InChI=1S/C15H20N4O3/c1-8-5-6-9(2)13(10(8)3)22-7-12(20)16-11(4)14-17-15(21)19-18-14/h5-6,11H,7H2,1-4H3,(H,16,20)(H2,17,18,19,21). The highest BCUT2D eigenvalue weighted by atomic mass is 16.5. The van der Waals surface area contributed by atoms with E-state index in [9.17, 15) is 9.59 Å². The van der Waals surface area contributed by atoms with Gasteiger partial charge >= 0.3 is 5.69 Å². The van der Waals surface area contributed by atoms with Crippen LogP contribution in [-0.4, -0.2) is 27.7 Å². The second kappa shape index (κ2) is 6.46. The Bertz CT molecular complexity index is 733. The van der Waals surface area contributed by atoms with Gasteiger partial charge in [-0.3, -0.25) is 9.78 Å². The molecular formula is C15H20N4O3. The molecule has 118 valence electrons. The van der Waals surface area contributed by atoms with Crippen LogP contribution in [0.4, 0.5) is 0 Å². The van der Waals surface area contributed by atoms with E-state index in [1.165, 1.54) is 0 Å². The van der Waals surface area contributed by atoms with Gasteiger partial charge in [0.05, 0.1) is 6.04 Å². The fraction of sp³-hybridized carbons (Fsp3) is 0.400. The first-order valence-electron chi connectivity index (χ1n) is 7.02. The quantitative estimate of drug-likeness (QED) is 0.774. The molecule has 0 aliphatic carbocycles. The number of nitrogens with zero attached hydrogens (tertiary/aromatic N) is 1. The Hall–Kier alpha value is -2.57. The van der Waals surface area contributed by atoms with Crippen molar-refractivity contribution in [3.8, 4) is 5.75 Å². The normalized spacial score (nSPS) is 12.0. The summed E-state index contributed by atoms with van der Waals surface area (Å²) in [6, 6.07) is 3.58. The first-order chi connectivity index (χ1) is 10.4. The van der Waals surface area contributed by atoms with Crippen LogP contribution in [-0.2, 0) is 4.79 Å². The van der Waals surface area contributed by atoms with Gasteiger partial charge in [-0.05, 0) is 44.4 Å². The highest BCUT2D eigenvalue weighted by molar-refractivity contribution is 5.78. The summed E-state index contributed by atoms with van der Waals surface area (Å²) in [7, 11) is 0. The van der Waals surface area contributed by atoms with Crippen molar-refractivity contribution in [3.05, 3.63) is 45.1 Å². The maximum Gasteiger partial charge on any atom is 0.340 e. The molecular weight excluding hydrogens is 284 g/mol. The Morgan fingerprint density at radius 1 is 1.32 bits per heavy atom. The van der Waals surface area contributed by atoms with Crippen LogP contribution in [0.3, 0.4) is 0 Å². The highest BCUT2D eigenvalue weighted by Gasteiger charge is 2.14. The molecule has 0 spiro atoms. The minimum absolute atomic E-state index is 0.0931. The predicted octanol–water partition coefficient (Wildman–Crippen LogP) is 1.28. The van der Waals surface area contributed by atoms with Crippen LogP contribution < -0.4 is 15.7 Å². The van der Waals surface area contributed by atoms with E-state index in [4.69, 9.17) is 4.74 Å². The number of rotatable bonds is 5. The second-order valence-corrected chi connectivity index (χ2v) is 5.29. The molecule has 2 aromatic rings. The van der Waals surface area contributed by atoms with E-state index in [0.29, 0.717) is 5.82 Å². The van der Waals surface area contributed by atoms with E-state index in [0.717, 1.165) is 22.4 Å². The molecule has 1 heterocycles. The van der Waals surface area contributed by atoms with Gasteiger partial charge in [-0.25, -0.2) is 9.89 Å². The summed E-state index contributed by atoms with van der Waals surface area (Å²) in [6.07, 6.45) is 0. The van der Waals surface area contributed by atoms with Crippen LogP contribution in [0.25, 0.3) is 0 Å². The van der Waals surface area contributed by atoms with Crippen LogP contribution in [0.1, 0.15) is 35.5 Å². The van der Waals surface area contributed by atoms with Crippen molar-refractivity contribution in [1.29, 1.82) is 0 Å². The van der Waals surface area contributed by atoms with Crippen molar-refractivity contribution >= 4 is 5.91 Å². The van der Waals surface area contributed by atoms with Crippen LogP contribution in [0, 0.1) is 20.8 Å². The Morgan fingerprint density at radius 3 is 2.64 bits per heavy atom. The molecule has 1 atom stereocenters. The van der Waals surface area contributed by atoms with Crippen LogP contribution >= 0.6 is 0 Å². The minimum Gasteiger partial charge on any atom is -0.483 e. The summed E-state index contributed by atoms with van der Waals surface area (Å²) in [5.41, 5.74) is 2.72. The largest absolute Gasteiger partial charge is 0.483 e. The third-order valence-electron chi connectivity index (χ3n) is 3.53. The van der Waals surface area contributed by atoms with Crippen molar-refractivity contribution in [2.24, 2.45) is 0 Å². The number of hydrogen-bond acceptors (Lipinski definition) is 4. The third-order valence-corrected chi connectivity index (χ3v) is 3.53. The Balaban J connectivity index is 1.96. The van der Waals surface area contributed by atoms with E-state index >= 15 is 0 Å². The van der Waals surface area contributed by atoms with Crippen molar-refractivity contribution in [2.75, 3.05) is 6.61 Å². The molecule has 0 radical (unpaired) electrons. The number of carbonyl (C=O) groups excluding carboxylic acids is 1. The molecule has 2 rings (SSSR count). The van der Waals surface area contributed by atoms with E-state index in [-0.39, 0.29) is 12.5 Å². The highest BCUT2D eigenvalue weighted by Crippen LogP contribution is 2.25. The molecule has 22 heavy (non-hydrogen) atoms. The summed E-state index contributed by atoms with van der Waals surface area (Å²) < 4.78 is 5.64. The number of benzene rings is 1. The number of nitrogens with one attached hydrogen (secondary N) is 3. The van der Waals surface area contributed by atoms with E-state index in [1.807, 2.05) is 32.9 Å². The van der Waals surface area contributed by atoms with Crippen molar-refractivity contribution in [1.82, 2.24) is 20.5 Å². The van der Waals surface area contributed by atoms with Crippen molar-refractivity contribution < 1.29 is 9.53 Å². The maximum atomic E-state index is 11.9. The number of aromatic nitrogens is 3. The lowest BCUT2D eigenvalue weighted by Gasteiger charge is -2.15. The molecule has 7 nitrogen and oxygen atoms in total. The molecule has 3 N–H and O–H groups in total. The lowest BCUT2D eigenvalue weighted by molar-refractivity contribution is -0.123. The van der Waals surface area contributed by atoms with Crippen molar-refractivity contribution in [3.63, 3.8) is 0 Å². The second-order valence-electron chi connectivity index (χ2n) is 5.29. The zero-order chi connectivity index (χ0) is 16.3. The number of aryl methyl sites for hydroxylation is 2. The van der Waals surface area contributed by atoms with Gasteiger partial charge in [0.25, 0.3) is 5.91 Å². The fourth-order valence-corrected chi connectivity index (χ4v) is 2.13. The first-order valence-corrected chi connectivity index (χ1v) is 7.02. The summed E-state index contributed by atoms with van der Waals surface area (Å²) in [4.78, 5) is 25.4. The molecule has 1 amide bonds. The van der Waals surface area contributed by atoms with Gasteiger partial charge in [-0.15, -0.1) is 0 Å². The first kappa shape index (κ1) is 15.8. The Kier molecular flexibility index (Phi) is 4.65. The smallest absolute Gasteiger partial charge is 0.340 e. The zero-order valence-electron chi connectivity index (χ0n) is 13.1. The molecule has 1 aromatic carbocycles. The van der Waals surface area contributed by atoms with Crippen LogP contribution in [0.2, 0.25) is 0 Å². The minimum atomic E-state index is -0.408. The summed E-state index contributed by atoms with van der Waals surface area (Å²) >= 11 is 0. The third kappa shape index (κ3) is 3.55. The fourth-order valence-electron chi connectivity index (χ4n) is 2.13. The topological polar surface area (TPSA) is 99.9 Å². The lowest BCUT2D eigenvalue weighted by Crippen LogP contribution is -2.32. The van der Waals surface area contributed by atoms with Gasteiger partial charge in [0, 0.05) is 0 Å². The average molecular weight is 304 g/mol. The van der Waals surface area contributed by atoms with Crippen LogP contribution in [0.5, 0.6) is 5.75 Å². The SMILES string of the molecule is Cc1ccc(C)c(OCC(=O)NC(C)c2n[nH]c(=O)[nH]2)c1C. The van der Waals surface area contributed by atoms with E-state index in [2.05, 4.69) is 20.5 Å². The van der Waals surface area contributed by atoms with Gasteiger partial charge in [0.2, 0.25) is 0 Å². The lowest BCUT2D eigenvalue weighted by atomic mass is 10.1. The van der Waals surface area contributed by atoms with Gasteiger partial charge in [0.15, 0.2) is 12.4 Å². The summed E-state index contributed by atoms with van der Waals surface area (Å²) in [5.74, 6) is 0.828. The van der Waals surface area contributed by atoms with Crippen LogP contribution in [0.15, 0.2) is 16.9 Å². The predicted molar refractivity (Wildman–Crippen MR) is 81.9 cm³/mol. The zero-order valence-corrected chi connectivity index (χ0v) is 13.1. The van der Waals surface area contributed by atoms with Gasteiger partial charge in [0.1, 0.15) is 5.75 Å². The van der Waals surface area contributed by atoms with Gasteiger partial charge < -0.3 is 10.1 Å². The van der Waals surface area contributed by atoms with E-state index < -0.39 is 11.7 Å². The number of ether oxygens (including phenoxy) is 1. The van der Waals surface area contributed by atoms with Gasteiger partial charge in [-0.2, -0.15) is 5.10 Å². The average Bonchev–Trinajstić information content (AvgIpc) is 2.90. The van der Waals surface area contributed by atoms with E-state index in [1.54, 1.807) is 6.92 Å². The number of amides is 1. The monoisotopic (exact) mass is 304 g/mol. The molecule has 0 aliphatic heterocycles. The van der Waals surface area contributed by atoms with Gasteiger partial charge in [-0.1, -0.05) is 12.1 Å². The molecule has 1 unspecified atom stereocenters. The molecule has 1 aromatic heterocycles. The number of hydrogen-bond donors (Lipinski definition) is 3.